The van der Waals surface area contributed by atoms with Crippen LogP contribution in [0.3, 0.4) is 0 Å². The molecule has 2 rings (SSSR count). The minimum atomic E-state index is 0.794. The number of benzene rings is 1. The van der Waals surface area contributed by atoms with Gasteiger partial charge in [0, 0.05) is 6.07 Å². The highest BCUT2D eigenvalue weighted by atomic mass is 16.5. The molecular weight excluding hydrogens is 200 g/mol. The topological polar surface area (TPSA) is 35.0 Å². The largest absolute Gasteiger partial charge is 0.455 e. The van der Waals surface area contributed by atoms with E-state index in [1.54, 1.807) is 6.20 Å². The fourth-order valence-electron chi connectivity index (χ4n) is 1.47. The number of rotatable bonds is 4. The maximum Gasteiger partial charge on any atom is 0.152 e. The summed E-state index contributed by atoms with van der Waals surface area (Å²) in [5.41, 5.74) is 0.911. The van der Waals surface area contributed by atoms with Crippen molar-refractivity contribution in [3.63, 3.8) is 0 Å². The lowest BCUT2D eigenvalue weighted by atomic mass is 10.2. The minimum Gasteiger partial charge on any atom is -0.455 e. The molecule has 1 heterocycles. The van der Waals surface area contributed by atoms with Gasteiger partial charge in [0.25, 0.3) is 0 Å². The van der Waals surface area contributed by atoms with Crippen molar-refractivity contribution in [3.05, 3.63) is 48.3 Å². The van der Waals surface area contributed by atoms with Gasteiger partial charge in [0.2, 0.25) is 0 Å². The monoisotopic (exact) mass is 214 g/mol. The van der Waals surface area contributed by atoms with E-state index in [2.05, 4.69) is 17.1 Å². The van der Waals surface area contributed by atoms with E-state index in [4.69, 9.17) is 4.74 Å². The van der Waals surface area contributed by atoms with Gasteiger partial charge >= 0.3 is 0 Å². The highest BCUT2D eigenvalue weighted by Crippen LogP contribution is 2.23. The number of aryl methyl sites for hydroxylation is 1. The molecule has 0 radical (unpaired) electrons. The van der Waals surface area contributed by atoms with Crippen LogP contribution in [0.4, 0.5) is 0 Å². The summed E-state index contributed by atoms with van der Waals surface area (Å²) in [5, 5.41) is 7.97. The Bertz CT molecular complexity index is 443. The number of aromatic nitrogens is 2. The molecule has 1 aromatic heterocycles. The predicted molar refractivity (Wildman–Crippen MR) is 62.5 cm³/mol. The van der Waals surface area contributed by atoms with Gasteiger partial charge in [-0.2, -0.15) is 10.2 Å². The molecule has 1 aromatic carbocycles. The Balaban J connectivity index is 2.21. The lowest BCUT2D eigenvalue weighted by molar-refractivity contribution is 0.469. The molecule has 0 spiro atoms. The van der Waals surface area contributed by atoms with Crippen LogP contribution in [-0.2, 0) is 6.42 Å². The number of para-hydroxylation sites is 1. The quantitative estimate of drug-likeness (QED) is 0.783. The molecule has 0 fully saturated rings. The zero-order chi connectivity index (χ0) is 11.2. The zero-order valence-corrected chi connectivity index (χ0v) is 9.26. The molecule has 0 bridgehead atoms. The van der Waals surface area contributed by atoms with Gasteiger partial charge in [0.05, 0.1) is 6.20 Å². The Labute approximate surface area is 95.1 Å². The summed E-state index contributed by atoms with van der Waals surface area (Å²) in [5.74, 6) is 1.62. The van der Waals surface area contributed by atoms with Crippen molar-refractivity contribution in [3.8, 4) is 11.5 Å². The van der Waals surface area contributed by atoms with Crippen molar-refractivity contribution < 1.29 is 4.74 Å². The van der Waals surface area contributed by atoms with E-state index in [-0.39, 0.29) is 0 Å². The van der Waals surface area contributed by atoms with Crippen molar-refractivity contribution >= 4 is 0 Å². The van der Waals surface area contributed by atoms with Gasteiger partial charge in [-0.05, 0) is 18.6 Å². The van der Waals surface area contributed by atoms with E-state index < -0.39 is 0 Å². The fraction of sp³-hybridized carbons (Fsp3) is 0.231. The Morgan fingerprint density at radius 3 is 2.69 bits per heavy atom. The van der Waals surface area contributed by atoms with Crippen LogP contribution >= 0.6 is 0 Å². The van der Waals surface area contributed by atoms with Crippen LogP contribution in [0.1, 0.15) is 19.0 Å². The summed E-state index contributed by atoms with van der Waals surface area (Å²) < 4.78 is 5.76. The molecule has 0 saturated heterocycles. The highest BCUT2D eigenvalue weighted by Gasteiger charge is 2.05. The van der Waals surface area contributed by atoms with Gasteiger partial charge in [-0.3, -0.25) is 0 Å². The number of hydrogen-bond acceptors (Lipinski definition) is 3. The van der Waals surface area contributed by atoms with Crippen LogP contribution in [0.5, 0.6) is 11.5 Å². The van der Waals surface area contributed by atoms with Crippen molar-refractivity contribution in [2.45, 2.75) is 19.8 Å². The summed E-state index contributed by atoms with van der Waals surface area (Å²) >= 11 is 0. The van der Waals surface area contributed by atoms with Gasteiger partial charge in [-0.25, -0.2) is 0 Å². The van der Waals surface area contributed by atoms with E-state index in [9.17, 15) is 0 Å². The van der Waals surface area contributed by atoms with Gasteiger partial charge in [0.1, 0.15) is 11.4 Å². The first kappa shape index (κ1) is 10.6. The molecule has 0 unspecified atom stereocenters. The van der Waals surface area contributed by atoms with Crippen LogP contribution in [0.25, 0.3) is 0 Å². The second kappa shape index (κ2) is 5.26. The average Bonchev–Trinajstić information content (AvgIpc) is 2.33. The lowest BCUT2D eigenvalue weighted by Gasteiger charge is -2.08. The van der Waals surface area contributed by atoms with E-state index >= 15 is 0 Å². The Morgan fingerprint density at radius 1 is 1.12 bits per heavy atom. The summed E-state index contributed by atoms with van der Waals surface area (Å²) in [6.45, 7) is 2.11. The molecular formula is C13H14N2O. The third kappa shape index (κ3) is 2.57. The van der Waals surface area contributed by atoms with Gasteiger partial charge in [-0.15, -0.1) is 0 Å². The second-order valence-electron chi connectivity index (χ2n) is 3.51. The number of nitrogens with zero attached hydrogens (tertiary/aromatic N) is 2. The third-order valence-corrected chi connectivity index (χ3v) is 2.21. The minimum absolute atomic E-state index is 0.794. The molecule has 0 amide bonds. The van der Waals surface area contributed by atoms with Gasteiger partial charge in [-0.1, -0.05) is 31.5 Å². The normalized spacial score (nSPS) is 10.1. The molecule has 0 aliphatic rings. The molecule has 0 aliphatic heterocycles. The molecule has 2 aromatic rings. The summed E-state index contributed by atoms with van der Waals surface area (Å²) in [7, 11) is 0. The zero-order valence-electron chi connectivity index (χ0n) is 9.26. The average molecular weight is 214 g/mol. The Hall–Kier alpha value is -1.90. The summed E-state index contributed by atoms with van der Waals surface area (Å²) in [4.78, 5) is 0. The SMILES string of the molecule is CCCc1nnccc1Oc1ccccc1. The van der Waals surface area contributed by atoms with Gasteiger partial charge in [0.15, 0.2) is 5.75 Å². The van der Waals surface area contributed by atoms with E-state index in [0.29, 0.717) is 0 Å². The first-order chi connectivity index (χ1) is 7.90. The molecule has 16 heavy (non-hydrogen) atoms. The molecule has 82 valence electrons. The maximum atomic E-state index is 5.76. The van der Waals surface area contributed by atoms with Crippen LogP contribution in [0.15, 0.2) is 42.6 Å². The second-order valence-corrected chi connectivity index (χ2v) is 3.51. The molecule has 0 N–H and O–H groups in total. The smallest absolute Gasteiger partial charge is 0.152 e. The summed E-state index contributed by atoms with van der Waals surface area (Å²) in [6, 6.07) is 11.6. The molecule has 3 heteroatoms. The van der Waals surface area contributed by atoms with Crippen molar-refractivity contribution in [1.82, 2.24) is 10.2 Å². The fourth-order valence-corrected chi connectivity index (χ4v) is 1.47. The van der Waals surface area contributed by atoms with E-state index in [1.807, 2.05) is 36.4 Å². The number of ether oxygens (including phenoxy) is 1. The van der Waals surface area contributed by atoms with E-state index in [1.165, 1.54) is 0 Å². The van der Waals surface area contributed by atoms with Gasteiger partial charge < -0.3 is 4.74 Å². The van der Waals surface area contributed by atoms with E-state index in [0.717, 1.165) is 30.0 Å². The molecule has 0 aliphatic carbocycles. The van der Waals surface area contributed by atoms with Crippen molar-refractivity contribution in [2.24, 2.45) is 0 Å². The Kier molecular flexibility index (Phi) is 3.49. The van der Waals surface area contributed by atoms with Crippen molar-refractivity contribution in [2.75, 3.05) is 0 Å². The highest BCUT2D eigenvalue weighted by molar-refractivity contribution is 5.32. The summed E-state index contributed by atoms with van der Waals surface area (Å²) in [6.07, 6.45) is 3.57. The van der Waals surface area contributed by atoms with Crippen LogP contribution in [0, 0.1) is 0 Å². The Morgan fingerprint density at radius 2 is 1.94 bits per heavy atom. The maximum absolute atomic E-state index is 5.76. The standard InChI is InChI=1S/C13H14N2O/c1-2-6-12-13(9-10-14-15-12)16-11-7-4-3-5-8-11/h3-5,7-10H,2,6H2,1H3. The van der Waals surface area contributed by atoms with Crippen LogP contribution in [0.2, 0.25) is 0 Å². The lowest BCUT2D eigenvalue weighted by Crippen LogP contribution is -1.96. The first-order valence-corrected chi connectivity index (χ1v) is 5.43. The predicted octanol–water partition coefficient (Wildman–Crippen LogP) is 3.22. The number of hydrogen-bond donors (Lipinski definition) is 0. The van der Waals surface area contributed by atoms with Crippen molar-refractivity contribution in [1.29, 1.82) is 0 Å². The van der Waals surface area contributed by atoms with Crippen LogP contribution in [-0.4, -0.2) is 10.2 Å². The molecule has 3 nitrogen and oxygen atoms in total. The first-order valence-electron chi connectivity index (χ1n) is 5.43. The third-order valence-electron chi connectivity index (χ3n) is 2.21. The molecule has 0 saturated carbocycles. The molecule has 0 atom stereocenters. The van der Waals surface area contributed by atoms with Crippen LogP contribution < -0.4 is 4.74 Å².